The lowest BCUT2D eigenvalue weighted by Crippen LogP contribution is -2.14. The van der Waals surface area contributed by atoms with E-state index < -0.39 is 10.9 Å². The topological polar surface area (TPSA) is 87.9 Å². The van der Waals surface area contributed by atoms with Crippen molar-refractivity contribution in [2.75, 3.05) is 6.79 Å². The number of fused-ring (bicyclic) bond motifs is 1. The van der Waals surface area contributed by atoms with Crippen LogP contribution in [0.1, 0.15) is 16.7 Å². The highest BCUT2D eigenvalue weighted by molar-refractivity contribution is 6.42. The van der Waals surface area contributed by atoms with Crippen molar-refractivity contribution < 1.29 is 23.9 Å². The molecule has 0 atom stereocenters. The van der Waals surface area contributed by atoms with Gasteiger partial charge in [0.1, 0.15) is 12.4 Å². The molecule has 0 saturated carbocycles. The van der Waals surface area contributed by atoms with Gasteiger partial charge in [0.15, 0.2) is 6.79 Å². The number of halogens is 2. The number of carbonyl (C=O) groups is 1. The molecule has 7 nitrogen and oxygen atoms in total. The molecule has 1 aliphatic heterocycles. The molecule has 27 heavy (non-hydrogen) atoms. The number of esters is 1. The van der Waals surface area contributed by atoms with E-state index in [2.05, 4.69) is 0 Å². The molecular formula is C18H13Cl2NO6. The molecule has 0 aliphatic carbocycles. The highest BCUT2D eigenvalue weighted by Gasteiger charge is 2.21. The predicted molar refractivity (Wildman–Crippen MR) is 98.7 cm³/mol. The summed E-state index contributed by atoms with van der Waals surface area (Å²) in [6.07, 6.45) is 2.68. The van der Waals surface area contributed by atoms with Gasteiger partial charge >= 0.3 is 5.97 Å². The fraction of sp³-hybridized carbons (Fsp3) is 0.167. The van der Waals surface area contributed by atoms with Crippen LogP contribution in [-0.2, 0) is 27.5 Å². The van der Waals surface area contributed by atoms with Gasteiger partial charge in [0.2, 0.25) is 0 Å². The Kier molecular flexibility index (Phi) is 5.95. The molecule has 0 aromatic heterocycles. The van der Waals surface area contributed by atoms with Gasteiger partial charge in [-0.15, -0.1) is 0 Å². The smallest absolute Gasteiger partial charge is 0.331 e. The zero-order chi connectivity index (χ0) is 19.4. The van der Waals surface area contributed by atoms with Crippen LogP contribution in [0.5, 0.6) is 5.75 Å². The lowest BCUT2D eigenvalue weighted by Gasteiger charge is -2.20. The fourth-order valence-electron chi connectivity index (χ4n) is 2.50. The second-order valence-corrected chi connectivity index (χ2v) is 6.33. The number of nitro benzene ring substituents is 1. The van der Waals surface area contributed by atoms with Crippen LogP contribution >= 0.6 is 23.2 Å². The Morgan fingerprint density at radius 2 is 2.15 bits per heavy atom. The first-order chi connectivity index (χ1) is 13.0. The third kappa shape index (κ3) is 4.57. The number of hydrogen-bond donors (Lipinski definition) is 0. The van der Waals surface area contributed by atoms with E-state index in [1.807, 2.05) is 0 Å². The second kappa shape index (κ2) is 8.39. The zero-order valence-corrected chi connectivity index (χ0v) is 15.3. The van der Waals surface area contributed by atoms with E-state index >= 15 is 0 Å². The summed E-state index contributed by atoms with van der Waals surface area (Å²) in [5, 5.41) is 11.8. The molecule has 0 unspecified atom stereocenters. The summed E-state index contributed by atoms with van der Waals surface area (Å²) >= 11 is 12.0. The highest BCUT2D eigenvalue weighted by Crippen LogP contribution is 2.33. The predicted octanol–water partition coefficient (Wildman–Crippen LogP) is 4.52. The molecule has 1 heterocycles. The van der Waals surface area contributed by atoms with E-state index in [0.29, 0.717) is 32.5 Å². The SMILES string of the molecule is O=C(/C=C/c1cccc(Cl)c1Cl)OCc1cc([N+](=O)[O-])cc2c1OCOC2. The molecule has 2 aromatic rings. The first-order valence-corrected chi connectivity index (χ1v) is 8.51. The minimum atomic E-state index is -0.640. The van der Waals surface area contributed by atoms with Gasteiger partial charge < -0.3 is 14.2 Å². The number of benzene rings is 2. The van der Waals surface area contributed by atoms with Gasteiger partial charge in [-0.05, 0) is 17.7 Å². The Labute approximate surface area is 164 Å². The van der Waals surface area contributed by atoms with Crippen molar-refractivity contribution in [2.24, 2.45) is 0 Å². The van der Waals surface area contributed by atoms with Crippen molar-refractivity contribution in [1.82, 2.24) is 0 Å². The molecule has 0 N–H and O–H groups in total. The Balaban J connectivity index is 1.73. The van der Waals surface area contributed by atoms with Crippen LogP contribution in [0.2, 0.25) is 10.0 Å². The lowest BCUT2D eigenvalue weighted by molar-refractivity contribution is -0.385. The number of ether oxygens (including phenoxy) is 3. The maximum atomic E-state index is 12.0. The van der Waals surface area contributed by atoms with Crippen LogP contribution in [-0.4, -0.2) is 17.7 Å². The summed E-state index contributed by atoms with van der Waals surface area (Å²) in [6, 6.07) is 7.72. The number of rotatable bonds is 5. The van der Waals surface area contributed by atoms with Gasteiger partial charge in [-0.3, -0.25) is 10.1 Å². The third-order valence-electron chi connectivity index (χ3n) is 3.73. The number of hydrogen-bond acceptors (Lipinski definition) is 6. The van der Waals surface area contributed by atoms with Crippen LogP contribution in [0.4, 0.5) is 5.69 Å². The van der Waals surface area contributed by atoms with Crippen molar-refractivity contribution in [3.8, 4) is 5.75 Å². The lowest BCUT2D eigenvalue weighted by atomic mass is 10.1. The Morgan fingerprint density at radius 3 is 2.93 bits per heavy atom. The van der Waals surface area contributed by atoms with Crippen molar-refractivity contribution in [3.05, 3.63) is 73.3 Å². The Bertz CT molecular complexity index is 928. The minimum absolute atomic E-state index is 0.0267. The van der Waals surface area contributed by atoms with Gasteiger partial charge in [0.05, 0.1) is 21.6 Å². The zero-order valence-electron chi connectivity index (χ0n) is 13.8. The Hall–Kier alpha value is -2.61. The monoisotopic (exact) mass is 409 g/mol. The summed E-state index contributed by atoms with van der Waals surface area (Å²) < 4.78 is 15.7. The molecule has 9 heteroatoms. The van der Waals surface area contributed by atoms with E-state index in [1.54, 1.807) is 18.2 Å². The molecule has 0 radical (unpaired) electrons. The molecule has 0 fully saturated rings. The van der Waals surface area contributed by atoms with Gasteiger partial charge in [-0.25, -0.2) is 4.79 Å². The number of carbonyl (C=O) groups excluding carboxylic acids is 1. The first kappa shape index (κ1) is 19.2. The van der Waals surface area contributed by atoms with Crippen molar-refractivity contribution in [2.45, 2.75) is 13.2 Å². The van der Waals surface area contributed by atoms with Crippen LogP contribution in [0.3, 0.4) is 0 Å². The molecule has 2 aromatic carbocycles. The molecule has 0 spiro atoms. The van der Waals surface area contributed by atoms with Crippen molar-refractivity contribution in [1.29, 1.82) is 0 Å². The molecule has 3 rings (SSSR count). The molecule has 0 amide bonds. The van der Waals surface area contributed by atoms with Crippen molar-refractivity contribution in [3.63, 3.8) is 0 Å². The molecule has 1 aliphatic rings. The Morgan fingerprint density at radius 1 is 1.33 bits per heavy atom. The summed E-state index contributed by atoms with van der Waals surface area (Å²) in [5.74, 6) is -0.208. The van der Waals surface area contributed by atoms with Crippen LogP contribution < -0.4 is 4.74 Å². The molecular weight excluding hydrogens is 397 g/mol. The number of nitrogens with zero attached hydrogens (tertiary/aromatic N) is 1. The molecule has 140 valence electrons. The van der Waals surface area contributed by atoms with E-state index in [-0.39, 0.29) is 25.7 Å². The first-order valence-electron chi connectivity index (χ1n) is 7.75. The van der Waals surface area contributed by atoms with Gasteiger partial charge in [-0.1, -0.05) is 35.3 Å². The molecule has 0 bridgehead atoms. The third-order valence-corrected chi connectivity index (χ3v) is 4.57. The standard InChI is InChI=1S/C18H13Cl2NO6/c19-15-3-1-2-11(17(15)20)4-5-16(22)26-9-13-7-14(21(23)24)6-12-8-25-10-27-18(12)13/h1-7H,8-10H2/b5-4+. The highest BCUT2D eigenvalue weighted by atomic mass is 35.5. The van der Waals surface area contributed by atoms with E-state index in [1.165, 1.54) is 24.3 Å². The second-order valence-electron chi connectivity index (χ2n) is 5.54. The average Bonchev–Trinajstić information content (AvgIpc) is 2.67. The van der Waals surface area contributed by atoms with Gasteiger partial charge in [-0.2, -0.15) is 0 Å². The minimum Gasteiger partial charge on any atom is -0.467 e. The van der Waals surface area contributed by atoms with Crippen LogP contribution in [0.15, 0.2) is 36.4 Å². The number of non-ortho nitro benzene ring substituents is 1. The summed E-state index contributed by atoms with van der Waals surface area (Å²) in [4.78, 5) is 22.5. The van der Waals surface area contributed by atoms with E-state index in [0.717, 1.165) is 0 Å². The van der Waals surface area contributed by atoms with Crippen LogP contribution in [0, 0.1) is 10.1 Å². The van der Waals surface area contributed by atoms with E-state index in [4.69, 9.17) is 37.4 Å². The summed E-state index contributed by atoms with van der Waals surface area (Å²) in [6.45, 7) is 0.0283. The van der Waals surface area contributed by atoms with Gasteiger partial charge in [0, 0.05) is 29.3 Å². The summed E-state index contributed by atoms with van der Waals surface area (Å²) in [7, 11) is 0. The maximum Gasteiger partial charge on any atom is 0.331 e. The normalized spacial score (nSPS) is 13.1. The van der Waals surface area contributed by atoms with Crippen LogP contribution in [0.25, 0.3) is 6.08 Å². The maximum absolute atomic E-state index is 12.0. The summed E-state index contributed by atoms with van der Waals surface area (Å²) in [5.41, 5.74) is 1.36. The largest absolute Gasteiger partial charge is 0.467 e. The van der Waals surface area contributed by atoms with Gasteiger partial charge in [0.25, 0.3) is 5.69 Å². The average molecular weight is 410 g/mol. The van der Waals surface area contributed by atoms with E-state index in [9.17, 15) is 14.9 Å². The number of nitro groups is 1. The quantitative estimate of drug-likeness (QED) is 0.312. The fourth-order valence-corrected chi connectivity index (χ4v) is 2.87. The molecule has 0 saturated heterocycles. The van der Waals surface area contributed by atoms with Crippen molar-refractivity contribution >= 4 is 40.9 Å².